The Balaban J connectivity index is 2.51. The van der Waals surface area contributed by atoms with Crippen LogP contribution in [0.4, 0.5) is 5.69 Å². The smallest absolute Gasteiger partial charge is 0.251 e. The van der Waals surface area contributed by atoms with Gasteiger partial charge in [-0.05, 0) is 30.7 Å². The zero-order valence-corrected chi connectivity index (χ0v) is 11.4. The molecule has 0 aliphatic carbocycles. The van der Waals surface area contributed by atoms with E-state index in [1.165, 1.54) is 0 Å². The molecule has 0 aliphatic heterocycles. The molecular weight excluding hydrogens is 226 g/mol. The van der Waals surface area contributed by atoms with Crippen LogP contribution in [0.25, 0.3) is 0 Å². The van der Waals surface area contributed by atoms with Gasteiger partial charge in [-0.3, -0.25) is 4.79 Å². The van der Waals surface area contributed by atoms with E-state index in [9.17, 15) is 4.79 Å². The summed E-state index contributed by atoms with van der Waals surface area (Å²) < 4.78 is 0. The summed E-state index contributed by atoms with van der Waals surface area (Å²) in [5, 5.41) is 2.85. The van der Waals surface area contributed by atoms with Gasteiger partial charge in [-0.2, -0.15) is 0 Å². The molecule has 1 aromatic carbocycles. The minimum Gasteiger partial charge on any atom is -0.378 e. The summed E-state index contributed by atoms with van der Waals surface area (Å²) in [6.45, 7) is 2.61. The molecule has 1 atom stereocenters. The van der Waals surface area contributed by atoms with Crippen LogP contribution in [0.1, 0.15) is 30.1 Å². The Kier molecular flexibility index (Phi) is 5.65. The van der Waals surface area contributed by atoms with Gasteiger partial charge in [0.15, 0.2) is 0 Å². The molecule has 0 heterocycles. The summed E-state index contributed by atoms with van der Waals surface area (Å²) in [7, 11) is 3.94. The monoisotopic (exact) mass is 249 g/mol. The van der Waals surface area contributed by atoms with E-state index in [0.717, 1.165) is 18.5 Å². The van der Waals surface area contributed by atoms with Crippen LogP contribution in [0.3, 0.4) is 0 Å². The fourth-order valence-corrected chi connectivity index (χ4v) is 1.71. The Morgan fingerprint density at radius 1 is 1.33 bits per heavy atom. The molecule has 1 unspecified atom stereocenters. The van der Waals surface area contributed by atoms with E-state index in [4.69, 9.17) is 5.73 Å². The van der Waals surface area contributed by atoms with Crippen LogP contribution in [0, 0.1) is 0 Å². The van der Waals surface area contributed by atoms with Crippen molar-refractivity contribution in [2.24, 2.45) is 5.73 Å². The van der Waals surface area contributed by atoms with Crippen molar-refractivity contribution < 1.29 is 4.79 Å². The molecule has 1 rings (SSSR count). The standard InChI is InChI=1S/C14H23N3O/c1-4-5-12(15)10-16-14(18)11-6-8-13(9-7-11)17(2)3/h6-9,12H,4-5,10,15H2,1-3H3,(H,16,18). The minimum atomic E-state index is -0.0631. The van der Waals surface area contributed by atoms with Crippen molar-refractivity contribution in [3.8, 4) is 0 Å². The Labute approximate surface area is 109 Å². The molecule has 0 saturated heterocycles. The molecule has 0 fully saturated rings. The maximum absolute atomic E-state index is 11.9. The third kappa shape index (κ3) is 4.37. The molecule has 0 bridgehead atoms. The lowest BCUT2D eigenvalue weighted by atomic mass is 10.1. The number of benzene rings is 1. The fourth-order valence-electron chi connectivity index (χ4n) is 1.71. The van der Waals surface area contributed by atoms with Crippen molar-refractivity contribution in [1.29, 1.82) is 0 Å². The molecule has 0 spiro atoms. The first-order chi connectivity index (χ1) is 8.54. The average molecular weight is 249 g/mol. The van der Waals surface area contributed by atoms with Crippen molar-refractivity contribution in [2.75, 3.05) is 25.5 Å². The number of carbonyl (C=O) groups excluding carboxylic acids is 1. The first-order valence-corrected chi connectivity index (χ1v) is 6.35. The number of hydrogen-bond acceptors (Lipinski definition) is 3. The molecule has 3 N–H and O–H groups in total. The van der Waals surface area contributed by atoms with Gasteiger partial charge < -0.3 is 16.0 Å². The Hall–Kier alpha value is -1.55. The van der Waals surface area contributed by atoms with Crippen LogP contribution in [-0.4, -0.2) is 32.6 Å². The van der Waals surface area contributed by atoms with Gasteiger partial charge in [-0.25, -0.2) is 0 Å². The summed E-state index contributed by atoms with van der Waals surface area (Å²) >= 11 is 0. The molecule has 1 aromatic rings. The lowest BCUT2D eigenvalue weighted by Gasteiger charge is -2.14. The molecular formula is C14H23N3O. The van der Waals surface area contributed by atoms with E-state index in [2.05, 4.69) is 12.2 Å². The number of nitrogens with two attached hydrogens (primary N) is 1. The van der Waals surface area contributed by atoms with E-state index in [1.807, 2.05) is 43.3 Å². The van der Waals surface area contributed by atoms with Gasteiger partial charge in [0.1, 0.15) is 0 Å². The van der Waals surface area contributed by atoms with Gasteiger partial charge in [0, 0.05) is 37.9 Å². The second-order valence-corrected chi connectivity index (χ2v) is 4.70. The Morgan fingerprint density at radius 3 is 2.44 bits per heavy atom. The molecule has 0 saturated carbocycles. The third-order valence-corrected chi connectivity index (χ3v) is 2.83. The van der Waals surface area contributed by atoms with E-state index < -0.39 is 0 Å². The number of nitrogens with zero attached hydrogens (tertiary/aromatic N) is 1. The molecule has 18 heavy (non-hydrogen) atoms. The number of amides is 1. The summed E-state index contributed by atoms with van der Waals surface area (Å²) in [4.78, 5) is 13.9. The molecule has 4 heteroatoms. The Bertz CT molecular complexity index is 373. The predicted molar refractivity (Wildman–Crippen MR) is 76.0 cm³/mol. The predicted octanol–water partition coefficient (Wildman–Crippen LogP) is 1.61. The highest BCUT2D eigenvalue weighted by Gasteiger charge is 2.07. The highest BCUT2D eigenvalue weighted by Crippen LogP contribution is 2.12. The van der Waals surface area contributed by atoms with Crippen LogP contribution in [0.2, 0.25) is 0 Å². The largest absolute Gasteiger partial charge is 0.378 e. The maximum atomic E-state index is 11.9. The highest BCUT2D eigenvalue weighted by molar-refractivity contribution is 5.94. The quantitative estimate of drug-likeness (QED) is 0.805. The average Bonchev–Trinajstić information content (AvgIpc) is 2.36. The topological polar surface area (TPSA) is 58.4 Å². The van der Waals surface area contributed by atoms with Gasteiger partial charge >= 0.3 is 0 Å². The van der Waals surface area contributed by atoms with E-state index in [0.29, 0.717) is 12.1 Å². The van der Waals surface area contributed by atoms with Gasteiger partial charge in [0.05, 0.1) is 0 Å². The van der Waals surface area contributed by atoms with Crippen LogP contribution in [0.5, 0.6) is 0 Å². The summed E-state index contributed by atoms with van der Waals surface area (Å²) in [5.41, 5.74) is 7.60. The lowest BCUT2D eigenvalue weighted by molar-refractivity contribution is 0.0950. The highest BCUT2D eigenvalue weighted by atomic mass is 16.1. The number of hydrogen-bond donors (Lipinski definition) is 2. The van der Waals surface area contributed by atoms with Crippen molar-refractivity contribution in [2.45, 2.75) is 25.8 Å². The molecule has 0 radical (unpaired) electrons. The number of anilines is 1. The van der Waals surface area contributed by atoms with Crippen LogP contribution in [-0.2, 0) is 0 Å². The van der Waals surface area contributed by atoms with Gasteiger partial charge in [-0.15, -0.1) is 0 Å². The van der Waals surface area contributed by atoms with Gasteiger partial charge in [0.25, 0.3) is 5.91 Å². The van der Waals surface area contributed by atoms with Crippen LogP contribution < -0.4 is 16.0 Å². The lowest BCUT2D eigenvalue weighted by Crippen LogP contribution is -2.37. The number of rotatable bonds is 6. The molecule has 100 valence electrons. The van der Waals surface area contributed by atoms with Gasteiger partial charge in [-0.1, -0.05) is 13.3 Å². The SMILES string of the molecule is CCCC(N)CNC(=O)c1ccc(N(C)C)cc1. The Morgan fingerprint density at radius 2 is 1.94 bits per heavy atom. The number of carbonyl (C=O) groups is 1. The van der Waals surface area contributed by atoms with E-state index in [-0.39, 0.29) is 11.9 Å². The first kappa shape index (κ1) is 14.5. The summed E-state index contributed by atoms with van der Waals surface area (Å²) in [6, 6.07) is 7.56. The van der Waals surface area contributed by atoms with Crippen LogP contribution in [0.15, 0.2) is 24.3 Å². The summed E-state index contributed by atoms with van der Waals surface area (Å²) in [6.07, 6.45) is 1.97. The van der Waals surface area contributed by atoms with Crippen molar-refractivity contribution >= 4 is 11.6 Å². The molecule has 1 amide bonds. The van der Waals surface area contributed by atoms with Crippen LogP contribution >= 0.6 is 0 Å². The molecule has 4 nitrogen and oxygen atoms in total. The number of nitrogens with one attached hydrogen (secondary N) is 1. The fraction of sp³-hybridized carbons (Fsp3) is 0.500. The maximum Gasteiger partial charge on any atom is 0.251 e. The van der Waals surface area contributed by atoms with Crippen molar-refractivity contribution in [3.63, 3.8) is 0 Å². The normalized spacial score (nSPS) is 12.0. The van der Waals surface area contributed by atoms with E-state index >= 15 is 0 Å². The minimum absolute atomic E-state index is 0.0417. The van der Waals surface area contributed by atoms with Crippen molar-refractivity contribution in [3.05, 3.63) is 29.8 Å². The summed E-state index contributed by atoms with van der Waals surface area (Å²) in [5.74, 6) is -0.0631. The third-order valence-electron chi connectivity index (χ3n) is 2.83. The second-order valence-electron chi connectivity index (χ2n) is 4.70. The van der Waals surface area contributed by atoms with Gasteiger partial charge in [0.2, 0.25) is 0 Å². The van der Waals surface area contributed by atoms with Crippen molar-refractivity contribution in [1.82, 2.24) is 5.32 Å². The zero-order valence-electron chi connectivity index (χ0n) is 11.4. The second kappa shape index (κ2) is 7.01. The molecule has 0 aromatic heterocycles. The molecule has 0 aliphatic rings. The van der Waals surface area contributed by atoms with E-state index in [1.54, 1.807) is 0 Å². The zero-order chi connectivity index (χ0) is 13.5. The first-order valence-electron chi connectivity index (χ1n) is 6.35.